The van der Waals surface area contributed by atoms with E-state index < -0.39 is 29.4 Å². The van der Waals surface area contributed by atoms with Crippen molar-refractivity contribution in [3.05, 3.63) is 39.1 Å². The van der Waals surface area contributed by atoms with E-state index in [-0.39, 0.29) is 16.2 Å². The summed E-state index contributed by atoms with van der Waals surface area (Å²) < 4.78 is 20.3. The van der Waals surface area contributed by atoms with E-state index in [1.165, 1.54) is 23.6 Å². The molecule has 0 radical (unpaired) electrons. The molecule has 2 atom stereocenters. The number of benzene rings is 1. The van der Waals surface area contributed by atoms with Gasteiger partial charge in [-0.1, -0.05) is 11.6 Å². The van der Waals surface area contributed by atoms with Gasteiger partial charge in [-0.15, -0.1) is 0 Å². The Morgan fingerprint density at radius 2 is 2.20 bits per heavy atom. The number of carbonyl (C=O) groups is 1. The van der Waals surface area contributed by atoms with Gasteiger partial charge in [-0.2, -0.15) is 4.39 Å². The average Bonchev–Trinajstić information content (AvgIpc) is 2.37. The molecule has 1 aromatic heterocycles. The van der Waals surface area contributed by atoms with E-state index in [1.54, 1.807) is 0 Å². The summed E-state index contributed by atoms with van der Waals surface area (Å²) in [5.74, 6) is -1.23. The predicted octanol–water partition coefficient (Wildman–Crippen LogP) is 2.60. The van der Waals surface area contributed by atoms with Gasteiger partial charge in [0.05, 0.1) is 16.9 Å². The van der Waals surface area contributed by atoms with Crippen LogP contribution in [0.3, 0.4) is 0 Å². The van der Waals surface area contributed by atoms with Gasteiger partial charge in [-0.05, 0) is 13.0 Å². The van der Waals surface area contributed by atoms with Crippen molar-refractivity contribution in [1.82, 2.24) is 4.57 Å². The number of aromatic nitrogens is 1. The molecule has 3 rings (SSSR count). The molecule has 2 aromatic rings. The minimum Gasteiger partial charge on any atom is -0.477 e. The standard InChI is InChI=1S/C13H9ClFNO4/c1-5-12(15)20-9-3-6(14)2-7-10(9)16(5)4-8(11(7)17)13(18)19/h2-5,12H,1H3,(H,18,19). The Morgan fingerprint density at radius 3 is 2.85 bits per heavy atom. The van der Waals surface area contributed by atoms with Gasteiger partial charge in [0.1, 0.15) is 11.3 Å². The quantitative estimate of drug-likeness (QED) is 0.878. The molecular weight excluding hydrogens is 289 g/mol. The van der Waals surface area contributed by atoms with Gasteiger partial charge in [-0.25, -0.2) is 4.79 Å². The second kappa shape index (κ2) is 4.21. The second-order valence-corrected chi connectivity index (χ2v) is 5.03. The summed E-state index contributed by atoms with van der Waals surface area (Å²) in [5, 5.41) is 9.37. The molecule has 0 aliphatic carbocycles. The summed E-state index contributed by atoms with van der Waals surface area (Å²) >= 11 is 5.87. The zero-order valence-electron chi connectivity index (χ0n) is 10.3. The fourth-order valence-corrected chi connectivity index (χ4v) is 2.54. The predicted molar refractivity (Wildman–Crippen MR) is 70.4 cm³/mol. The van der Waals surface area contributed by atoms with Crippen molar-refractivity contribution in [2.45, 2.75) is 19.3 Å². The Bertz CT molecular complexity index is 801. The largest absolute Gasteiger partial charge is 0.477 e. The van der Waals surface area contributed by atoms with Crippen molar-refractivity contribution in [2.75, 3.05) is 0 Å². The number of ether oxygens (including phenoxy) is 1. The highest BCUT2D eigenvalue weighted by Crippen LogP contribution is 2.37. The van der Waals surface area contributed by atoms with E-state index in [2.05, 4.69) is 0 Å². The number of halogens is 2. The first-order chi connectivity index (χ1) is 9.40. The third kappa shape index (κ3) is 1.68. The van der Waals surface area contributed by atoms with Crippen LogP contribution in [0, 0.1) is 0 Å². The van der Waals surface area contributed by atoms with Gasteiger partial charge in [0.2, 0.25) is 5.43 Å². The van der Waals surface area contributed by atoms with Crippen molar-refractivity contribution >= 4 is 28.5 Å². The van der Waals surface area contributed by atoms with Crippen LogP contribution in [0.2, 0.25) is 5.02 Å². The van der Waals surface area contributed by atoms with Crippen molar-refractivity contribution in [3.8, 4) is 5.75 Å². The highest BCUT2D eigenvalue weighted by Gasteiger charge is 2.30. The summed E-state index contributed by atoms with van der Waals surface area (Å²) in [6.07, 6.45) is -0.502. The van der Waals surface area contributed by atoms with E-state index in [4.69, 9.17) is 21.4 Å². The molecule has 0 spiro atoms. The highest BCUT2D eigenvalue weighted by atomic mass is 35.5. The first kappa shape index (κ1) is 12.9. The lowest BCUT2D eigenvalue weighted by Crippen LogP contribution is -2.31. The van der Waals surface area contributed by atoms with Gasteiger partial charge < -0.3 is 14.4 Å². The van der Waals surface area contributed by atoms with E-state index in [0.29, 0.717) is 5.52 Å². The van der Waals surface area contributed by atoms with E-state index in [0.717, 1.165) is 6.20 Å². The molecule has 0 bridgehead atoms. The van der Waals surface area contributed by atoms with Crippen LogP contribution in [-0.4, -0.2) is 22.0 Å². The minimum atomic E-state index is -1.65. The van der Waals surface area contributed by atoms with Gasteiger partial charge >= 0.3 is 5.97 Å². The summed E-state index contributed by atoms with van der Waals surface area (Å²) in [7, 11) is 0. The molecule has 0 fully saturated rings. The monoisotopic (exact) mass is 297 g/mol. The number of aromatic carboxylic acids is 1. The molecule has 7 heteroatoms. The molecule has 0 amide bonds. The molecule has 2 heterocycles. The normalized spacial score (nSPS) is 20.8. The zero-order chi connectivity index (χ0) is 14.6. The number of hydrogen-bond acceptors (Lipinski definition) is 3. The third-order valence-corrected chi connectivity index (χ3v) is 3.56. The number of pyridine rings is 1. The average molecular weight is 298 g/mol. The van der Waals surface area contributed by atoms with Gasteiger partial charge in [-0.3, -0.25) is 4.79 Å². The fourth-order valence-electron chi connectivity index (χ4n) is 2.33. The number of rotatable bonds is 1. The number of alkyl halides is 1. The molecule has 20 heavy (non-hydrogen) atoms. The SMILES string of the molecule is CC1C(F)Oc2cc(Cl)cc3c(=O)c(C(=O)O)cn1c23. The minimum absolute atomic E-state index is 0.103. The van der Waals surface area contributed by atoms with Crippen LogP contribution in [0.5, 0.6) is 5.75 Å². The van der Waals surface area contributed by atoms with Crippen LogP contribution in [-0.2, 0) is 0 Å². The van der Waals surface area contributed by atoms with Crippen LogP contribution in [0.15, 0.2) is 23.1 Å². The lowest BCUT2D eigenvalue weighted by atomic mass is 10.1. The molecule has 1 N–H and O–H groups in total. The smallest absolute Gasteiger partial charge is 0.341 e. The second-order valence-electron chi connectivity index (χ2n) is 4.59. The Labute approximate surface area is 117 Å². The molecule has 104 valence electrons. The van der Waals surface area contributed by atoms with Crippen LogP contribution in [0.1, 0.15) is 23.3 Å². The van der Waals surface area contributed by atoms with Gasteiger partial charge in [0, 0.05) is 17.3 Å². The molecule has 0 saturated carbocycles. The van der Waals surface area contributed by atoms with E-state index in [9.17, 15) is 14.0 Å². The Morgan fingerprint density at radius 1 is 1.50 bits per heavy atom. The third-order valence-electron chi connectivity index (χ3n) is 3.34. The van der Waals surface area contributed by atoms with E-state index >= 15 is 0 Å². The Balaban J connectivity index is 2.52. The molecular formula is C13H9ClFNO4. The lowest BCUT2D eigenvalue weighted by molar-refractivity contribution is 0.0166. The van der Waals surface area contributed by atoms with E-state index in [1.807, 2.05) is 0 Å². The molecule has 0 saturated heterocycles. The topological polar surface area (TPSA) is 68.5 Å². The summed E-state index contributed by atoms with van der Waals surface area (Å²) in [6, 6.07) is 2.02. The molecule has 5 nitrogen and oxygen atoms in total. The van der Waals surface area contributed by atoms with Crippen LogP contribution in [0.4, 0.5) is 4.39 Å². The van der Waals surface area contributed by atoms with Crippen molar-refractivity contribution in [1.29, 1.82) is 0 Å². The molecule has 1 aliphatic heterocycles. The Hall–Kier alpha value is -2.08. The fraction of sp³-hybridized carbons (Fsp3) is 0.231. The van der Waals surface area contributed by atoms with Crippen molar-refractivity contribution in [3.63, 3.8) is 0 Å². The summed E-state index contributed by atoms with van der Waals surface area (Å²) in [5.41, 5.74) is -0.738. The lowest BCUT2D eigenvalue weighted by Gasteiger charge is -2.29. The van der Waals surface area contributed by atoms with Crippen molar-refractivity contribution < 1.29 is 19.0 Å². The first-order valence-corrected chi connectivity index (χ1v) is 6.20. The number of carboxylic acids is 1. The number of carboxylic acid groups (broad SMARTS) is 1. The maximum Gasteiger partial charge on any atom is 0.341 e. The zero-order valence-corrected chi connectivity index (χ0v) is 11.0. The van der Waals surface area contributed by atoms with Crippen LogP contribution in [0.25, 0.3) is 10.9 Å². The van der Waals surface area contributed by atoms with Gasteiger partial charge in [0.15, 0.2) is 0 Å². The van der Waals surface area contributed by atoms with Crippen LogP contribution >= 0.6 is 11.6 Å². The molecule has 1 aliphatic rings. The summed E-state index contributed by atoms with van der Waals surface area (Å²) in [6.45, 7) is 1.54. The van der Waals surface area contributed by atoms with Crippen LogP contribution < -0.4 is 10.2 Å². The molecule has 1 aromatic carbocycles. The molecule has 2 unspecified atom stereocenters. The maximum absolute atomic E-state index is 13.8. The number of nitrogens with zero attached hydrogens (tertiary/aromatic N) is 1. The highest BCUT2D eigenvalue weighted by molar-refractivity contribution is 6.31. The first-order valence-electron chi connectivity index (χ1n) is 5.82. The Kier molecular flexibility index (Phi) is 2.72. The summed E-state index contributed by atoms with van der Waals surface area (Å²) in [4.78, 5) is 23.3. The maximum atomic E-state index is 13.8. The van der Waals surface area contributed by atoms with Gasteiger partial charge in [0.25, 0.3) is 6.36 Å². The number of hydrogen-bond donors (Lipinski definition) is 1. The van der Waals surface area contributed by atoms with Crippen molar-refractivity contribution in [2.24, 2.45) is 0 Å².